The molecular formula is C17H15F2N3. The Kier molecular flexibility index (Phi) is 3.41. The number of pyridine rings is 1. The molecule has 0 bridgehead atoms. The van der Waals surface area contributed by atoms with Gasteiger partial charge in [0.25, 0.3) is 0 Å². The van der Waals surface area contributed by atoms with Crippen molar-refractivity contribution >= 4 is 22.4 Å². The van der Waals surface area contributed by atoms with Gasteiger partial charge in [-0.15, -0.1) is 0 Å². The topological polar surface area (TPSA) is 42.1 Å². The van der Waals surface area contributed by atoms with Crippen molar-refractivity contribution in [3.8, 4) is 11.1 Å². The van der Waals surface area contributed by atoms with E-state index in [1.165, 1.54) is 0 Å². The lowest BCUT2D eigenvalue weighted by Crippen LogP contribution is -2.08. The summed E-state index contributed by atoms with van der Waals surface area (Å²) in [6, 6.07) is 10.7. The molecule has 0 atom stereocenters. The zero-order chi connectivity index (χ0) is 15.9. The predicted octanol–water partition coefficient (Wildman–Crippen LogP) is 3.83. The Bertz CT molecular complexity index is 860. The largest absolute Gasteiger partial charge is 0.383 e. The minimum absolute atomic E-state index is 0.114. The molecule has 0 amide bonds. The van der Waals surface area contributed by atoms with Crippen LogP contribution in [0.1, 0.15) is 0 Å². The van der Waals surface area contributed by atoms with Gasteiger partial charge in [-0.05, 0) is 36.4 Å². The quantitative estimate of drug-likeness (QED) is 0.782. The molecule has 0 aliphatic rings. The summed E-state index contributed by atoms with van der Waals surface area (Å²) < 4.78 is 27.3. The van der Waals surface area contributed by atoms with Gasteiger partial charge >= 0.3 is 0 Å². The molecule has 0 unspecified atom stereocenters. The first kappa shape index (κ1) is 14.3. The number of fused-ring (bicyclic) bond motifs is 1. The van der Waals surface area contributed by atoms with Crippen molar-refractivity contribution in [3.05, 3.63) is 54.1 Å². The lowest BCUT2D eigenvalue weighted by Gasteiger charge is -2.14. The molecule has 3 nitrogen and oxygen atoms in total. The van der Waals surface area contributed by atoms with Crippen molar-refractivity contribution in [3.63, 3.8) is 0 Å². The smallest absolute Gasteiger partial charge is 0.132 e. The Morgan fingerprint density at radius 2 is 1.73 bits per heavy atom. The van der Waals surface area contributed by atoms with Crippen molar-refractivity contribution in [2.75, 3.05) is 24.7 Å². The Labute approximate surface area is 127 Å². The zero-order valence-electron chi connectivity index (χ0n) is 12.3. The lowest BCUT2D eigenvalue weighted by molar-refractivity contribution is 0.603. The molecule has 0 radical (unpaired) electrons. The van der Waals surface area contributed by atoms with Crippen LogP contribution in [0.2, 0.25) is 0 Å². The van der Waals surface area contributed by atoms with E-state index in [0.29, 0.717) is 11.1 Å². The molecule has 2 N–H and O–H groups in total. The molecule has 0 aliphatic heterocycles. The first-order chi connectivity index (χ1) is 10.5. The van der Waals surface area contributed by atoms with Crippen LogP contribution >= 0.6 is 0 Å². The second-order valence-electron chi connectivity index (χ2n) is 5.32. The molecular weight excluding hydrogens is 284 g/mol. The summed E-state index contributed by atoms with van der Waals surface area (Å²) in [4.78, 5) is 6.28. The molecule has 3 rings (SSSR count). The molecule has 5 heteroatoms. The third-order valence-corrected chi connectivity index (χ3v) is 3.57. The van der Waals surface area contributed by atoms with Crippen molar-refractivity contribution in [1.82, 2.24) is 4.98 Å². The second-order valence-corrected chi connectivity index (χ2v) is 5.32. The highest BCUT2D eigenvalue weighted by Crippen LogP contribution is 2.31. The van der Waals surface area contributed by atoms with Crippen molar-refractivity contribution in [2.45, 2.75) is 0 Å². The highest BCUT2D eigenvalue weighted by atomic mass is 19.1. The summed E-state index contributed by atoms with van der Waals surface area (Å²) in [5, 5.41) is 0.818. The van der Waals surface area contributed by atoms with E-state index in [4.69, 9.17) is 5.73 Å². The van der Waals surface area contributed by atoms with Gasteiger partial charge < -0.3 is 10.6 Å². The van der Waals surface area contributed by atoms with E-state index in [2.05, 4.69) is 4.98 Å². The fourth-order valence-corrected chi connectivity index (χ4v) is 2.37. The van der Waals surface area contributed by atoms with Crippen LogP contribution in [0.3, 0.4) is 0 Å². The molecule has 1 heterocycles. The van der Waals surface area contributed by atoms with Crippen molar-refractivity contribution in [2.24, 2.45) is 0 Å². The monoisotopic (exact) mass is 299 g/mol. The fourth-order valence-electron chi connectivity index (χ4n) is 2.37. The van der Waals surface area contributed by atoms with Gasteiger partial charge in [0, 0.05) is 36.3 Å². The third kappa shape index (κ3) is 2.45. The van der Waals surface area contributed by atoms with Crippen LogP contribution in [0.4, 0.5) is 20.3 Å². The molecule has 0 saturated heterocycles. The van der Waals surface area contributed by atoms with Gasteiger partial charge in [-0.1, -0.05) is 6.07 Å². The van der Waals surface area contributed by atoms with Gasteiger partial charge in [-0.2, -0.15) is 0 Å². The maximum Gasteiger partial charge on any atom is 0.132 e. The van der Waals surface area contributed by atoms with Gasteiger partial charge in [-0.25, -0.2) is 13.8 Å². The van der Waals surface area contributed by atoms with Crippen LogP contribution in [0.15, 0.2) is 42.5 Å². The average Bonchev–Trinajstić information content (AvgIpc) is 2.48. The normalized spacial score (nSPS) is 10.9. The number of aromatic nitrogens is 1. The molecule has 0 fully saturated rings. The standard InChI is InChI=1S/C17H15F2N3/c1-22(2)12-5-3-10-7-14(17(20)21-16(10)9-12)13-8-11(18)4-6-15(13)19/h3-9H,1-2H3,(H2,20,21). The molecule has 22 heavy (non-hydrogen) atoms. The minimum atomic E-state index is -0.529. The van der Waals surface area contributed by atoms with E-state index < -0.39 is 11.6 Å². The maximum atomic E-state index is 13.9. The summed E-state index contributed by atoms with van der Waals surface area (Å²) in [7, 11) is 3.86. The Balaban J connectivity index is 2.21. The van der Waals surface area contributed by atoms with Gasteiger partial charge in [0.2, 0.25) is 0 Å². The SMILES string of the molecule is CN(C)c1ccc2cc(-c3cc(F)ccc3F)c(N)nc2c1. The summed E-state index contributed by atoms with van der Waals surface area (Å²) in [6.45, 7) is 0. The number of hydrogen-bond donors (Lipinski definition) is 1. The van der Waals surface area contributed by atoms with E-state index in [1.54, 1.807) is 6.07 Å². The molecule has 112 valence electrons. The number of nitrogens with zero attached hydrogens (tertiary/aromatic N) is 2. The number of rotatable bonds is 2. The second kappa shape index (κ2) is 5.26. The van der Waals surface area contributed by atoms with Gasteiger partial charge in [0.1, 0.15) is 17.5 Å². The van der Waals surface area contributed by atoms with Crippen LogP contribution in [-0.4, -0.2) is 19.1 Å². The van der Waals surface area contributed by atoms with Gasteiger partial charge in [-0.3, -0.25) is 0 Å². The number of halogens is 2. The third-order valence-electron chi connectivity index (χ3n) is 3.57. The van der Waals surface area contributed by atoms with Crippen molar-refractivity contribution < 1.29 is 8.78 Å². The number of nitrogen functional groups attached to an aromatic ring is 1. The van der Waals surface area contributed by atoms with Crippen LogP contribution in [0.5, 0.6) is 0 Å². The number of benzene rings is 2. The van der Waals surface area contributed by atoms with E-state index in [1.807, 2.05) is 37.2 Å². The predicted molar refractivity (Wildman–Crippen MR) is 85.8 cm³/mol. The van der Waals surface area contributed by atoms with Gasteiger partial charge in [0.05, 0.1) is 5.52 Å². The molecule has 2 aromatic carbocycles. The van der Waals surface area contributed by atoms with Crippen LogP contribution < -0.4 is 10.6 Å². The van der Waals surface area contributed by atoms with Crippen molar-refractivity contribution in [1.29, 1.82) is 0 Å². The molecule has 1 aromatic heterocycles. The first-order valence-corrected chi connectivity index (χ1v) is 6.79. The summed E-state index contributed by atoms with van der Waals surface area (Å²) in [5.74, 6) is -0.870. The number of hydrogen-bond acceptors (Lipinski definition) is 3. The van der Waals surface area contributed by atoms with Crippen LogP contribution in [0.25, 0.3) is 22.0 Å². The number of nitrogens with two attached hydrogens (primary N) is 1. The molecule has 0 saturated carbocycles. The summed E-state index contributed by atoms with van der Waals surface area (Å²) >= 11 is 0. The van der Waals surface area contributed by atoms with E-state index in [0.717, 1.165) is 29.3 Å². The maximum absolute atomic E-state index is 13.9. The summed E-state index contributed by atoms with van der Waals surface area (Å²) in [6.07, 6.45) is 0. The Morgan fingerprint density at radius 3 is 2.45 bits per heavy atom. The Hall–Kier alpha value is -2.69. The zero-order valence-corrected chi connectivity index (χ0v) is 12.3. The van der Waals surface area contributed by atoms with Crippen LogP contribution in [0, 0.1) is 11.6 Å². The molecule has 0 spiro atoms. The minimum Gasteiger partial charge on any atom is -0.383 e. The highest BCUT2D eigenvalue weighted by molar-refractivity contribution is 5.90. The van der Waals surface area contributed by atoms with Crippen LogP contribution in [-0.2, 0) is 0 Å². The average molecular weight is 299 g/mol. The fraction of sp³-hybridized carbons (Fsp3) is 0.118. The summed E-state index contributed by atoms with van der Waals surface area (Å²) in [5.41, 5.74) is 8.16. The van der Waals surface area contributed by atoms with E-state index in [9.17, 15) is 8.78 Å². The van der Waals surface area contributed by atoms with Gasteiger partial charge in [0.15, 0.2) is 0 Å². The lowest BCUT2D eigenvalue weighted by atomic mass is 10.0. The molecule has 3 aromatic rings. The molecule has 0 aliphatic carbocycles. The van der Waals surface area contributed by atoms with E-state index >= 15 is 0 Å². The van der Waals surface area contributed by atoms with E-state index in [-0.39, 0.29) is 11.4 Å². The highest BCUT2D eigenvalue weighted by Gasteiger charge is 2.12. The first-order valence-electron chi connectivity index (χ1n) is 6.79. The Morgan fingerprint density at radius 1 is 0.955 bits per heavy atom. The number of anilines is 2.